The van der Waals surface area contributed by atoms with Gasteiger partial charge in [0.2, 0.25) is 0 Å². The highest BCUT2D eigenvalue weighted by atomic mass is 15.2. The molecule has 0 heterocycles. The second-order valence-corrected chi connectivity index (χ2v) is 5.77. The first-order valence-corrected chi connectivity index (χ1v) is 6.72. The summed E-state index contributed by atoms with van der Waals surface area (Å²) in [5, 5.41) is 0. The van der Waals surface area contributed by atoms with Crippen molar-refractivity contribution in [3.05, 3.63) is 0 Å². The lowest BCUT2D eigenvalue weighted by Gasteiger charge is -2.34. The minimum atomic E-state index is 0.606. The molecule has 0 bridgehead atoms. The number of nitrogens with one attached hydrogen (secondary N) is 1. The highest BCUT2D eigenvalue weighted by Crippen LogP contribution is 2.46. The molecule has 2 saturated carbocycles. The van der Waals surface area contributed by atoms with Crippen LogP contribution in [0.2, 0.25) is 0 Å². The first kappa shape index (κ1) is 11.4. The van der Waals surface area contributed by atoms with Crippen LogP contribution >= 0.6 is 0 Å². The Morgan fingerprint density at radius 1 is 1.33 bits per heavy atom. The molecular weight excluding hydrogens is 184 g/mol. The summed E-state index contributed by atoms with van der Waals surface area (Å²) < 4.78 is 0. The molecule has 2 aliphatic rings. The van der Waals surface area contributed by atoms with Crippen LogP contribution < -0.4 is 11.3 Å². The number of rotatable bonds is 4. The molecule has 0 aromatic carbocycles. The summed E-state index contributed by atoms with van der Waals surface area (Å²) in [5.41, 5.74) is 3.11. The number of hydrazine groups is 1. The van der Waals surface area contributed by atoms with E-state index < -0.39 is 0 Å². The van der Waals surface area contributed by atoms with Gasteiger partial charge >= 0.3 is 0 Å². The van der Waals surface area contributed by atoms with E-state index in [-0.39, 0.29) is 0 Å². The third kappa shape index (κ3) is 2.54. The standard InChI is InChI=1S/C13H26N2/c1-3-10-5-4-6-11(8-10)13(15-14)12-7-9(12)2/h9-13,15H,3-8,14H2,1-2H3. The molecule has 5 atom stereocenters. The minimum Gasteiger partial charge on any atom is -0.271 e. The Morgan fingerprint density at radius 2 is 2.07 bits per heavy atom. The van der Waals surface area contributed by atoms with Gasteiger partial charge in [-0.25, -0.2) is 0 Å². The SMILES string of the molecule is CCC1CCCC(C(NN)C2CC2C)C1. The average molecular weight is 210 g/mol. The van der Waals surface area contributed by atoms with Gasteiger partial charge in [-0.3, -0.25) is 11.3 Å². The summed E-state index contributed by atoms with van der Waals surface area (Å²) in [7, 11) is 0. The van der Waals surface area contributed by atoms with Crippen LogP contribution in [0.5, 0.6) is 0 Å². The largest absolute Gasteiger partial charge is 0.271 e. The molecule has 2 fully saturated rings. The van der Waals surface area contributed by atoms with Gasteiger partial charge in [-0.1, -0.05) is 33.1 Å². The van der Waals surface area contributed by atoms with Crippen LogP contribution in [0.3, 0.4) is 0 Å². The average Bonchev–Trinajstić information content (AvgIpc) is 2.97. The monoisotopic (exact) mass is 210 g/mol. The molecule has 2 aliphatic carbocycles. The summed E-state index contributed by atoms with van der Waals surface area (Å²) >= 11 is 0. The Kier molecular flexibility index (Phi) is 3.68. The summed E-state index contributed by atoms with van der Waals surface area (Å²) in [6.07, 6.45) is 8.42. The Labute approximate surface area is 94.0 Å². The Hall–Kier alpha value is -0.0800. The molecular formula is C13H26N2. The smallest absolute Gasteiger partial charge is 0.0269 e. The van der Waals surface area contributed by atoms with Crippen molar-refractivity contribution in [3.8, 4) is 0 Å². The molecule has 0 amide bonds. The maximum absolute atomic E-state index is 5.74. The topological polar surface area (TPSA) is 38.0 Å². The van der Waals surface area contributed by atoms with E-state index in [0.29, 0.717) is 6.04 Å². The maximum Gasteiger partial charge on any atom is 0.0269 e. The lowest BCUT2D eigenvalue weighted by molar-refractivity contribution is 0.192. The van der Waals surface area contributed by atoms with E-state index in [4.69, 9.17) is 5.84 Å². The predicted molar refractivity (Wildman–Crippen MR) is 64.1 cm³/mol. The zero-order valence-corrected chi connectivity index (χ0v) is 10.2. The van der Waals surface area contributed by atoms with Crippen LogP contribution in [0.15, 0.2) is 0 Å². The fourth-order valence-corrected chi connectivity index (χ4v) is 3.49. The molecule has 15 heavy (non-hydrogen) atoms. The van der Waals surface area contributed by atoms with Crippen molar-refractivity contribution in [1.82, 2.24) is 5.43 Å². The fourth-order valence-electron chi connectivity index (χ4n) is 3.49. The zero-order chi connectivity index (χ0) is 10.8. The van der Waals surface area contributed by atoms with Crippen LogP contribution in [-0.4, -0.2) is 6.04 Å². The fraction of sp³-hybridized carbons (Fsp3) is 1.00. The molecule has 2 nitrogen and oxygen atoms in total. The first-order chi connectivity index (χ1) is 7.26. The van der Waals surface area contributed by atoms with Crippen molar-refractivity contribution in [1.29, 1.82) is 0 Å². The highest BCUT2D eigenvalue weighted by molar-refractivity contribution is 4.96. The van der Waals surface area contributed by atoms with E-state index in [9.17, 15) is 0 Å². The van der Waals surface area contributed by atoms with Crippen molar-refractivity contribution in [2.45, 2.75) is 58.4 Å². The third-order valence-electron chi connectivity index (χ3n) is 4.73. The van der Waals surface area contributed by atoms with Crippen molar-refractivity contribution in [3.63, 3.8) is 0 Å². The summed E-state index contributed by atoms with van der Waals surface area (Å²) in [6, 6.07) is 0.606. The molecule has 2 rings (SSSR count). The quantitative estimate of drug-likeness (QED) is 0.553. The normalized spacial score (nSPS) is 42.6. The van der Waals surface area contributed by atoms with E-state index in [2.05, 4.69) is 19.3 Å². The minimum absolute atomic E-state index is 0.606. The van der Waals surface area contributed by atoms with E-state index in [1.54, 1.807) is 0 Å². The van der Waals surface area contributed by atoms with Gasteiger partial charge < -0.3 is 0 Å². The van der Waals surface area contributed by atoms with Crippen molar-refractivity contribution >= 4 is 0 Å². The molecule has 5 unspecified atom stereocenters. The zero-order valence-electron chi connectivity index (χ0n) is 10.2. The molecule has 0 aromatic rings. The molecule has 0 aromatic heterocycles. The third-order valence-corrected chi connectivity index (χ3v) is 4.73. The molecule has 88 valence electrons. The number of nitrogens with two attached hydrogens (primary N) is 1. The highest BCUT2D eigenvalue weighted by Gasteiger charge is 2.43. The molecule has 0 aliphatic heterocycles. The second kappa shape index (κ2) is 4.84. The van der Waals surface area contributed by atoms with Gasteiger partial charge in [0.25, 0.3) is 0 Å². The van der Waals surface area contributed by atoms with Gasteiger partial charge in [0.1, 0.15) is 0 Å². The van der Waals surface area contributed by atoms with Crippen LogP contribution in [-0.2, 0) is 0 Å². The number of hydrogen-bond donors (Lipinski definition) is 2. The van der Waals surface area contributed by atoms with Crippen LogP contribution in [0.4, 0.5) is 0 Å². The van der Waals surface area contributed by atoms with Crippen molar-refractivity contribution < 1.29 is 0 Å². The Morgan fingerprint density at radius 3 is 2.60 bits per heavy atom. The maximum atomic E-state index is 5.74. The van der Waals surface area contributed by atoms with Gasteiger partial charge in [0.15, 0.2) is 0 Å². The summed E-state index contributed by atoms with van der Waals surface area (Å²) in [4.78, 5) is 0. The van der Waals surface area contributed by atoms with E-state index in [1.807, 2.05) is 0 Å². The molecule has 0 radical (unpaired) electrons. The van der Waals surface area contributed by atoms with E-state index in [1.165, 1.54) is 38.5 Å². The summed E-state index contributed by atoms with van der Waals surface area (Å²) in [5.74, 6) is 9.34. The van der Waals surface area contributed by atoms with Gasteiger partial charge in [0, 0.05) is 6.04 Å². The van der Waals surface area contributed by atoms with E-state index >= 15 is 0 Å². The molecule has 2 heteroatoms. The lowest BCUT2D eigenvalue weighted by Crippen LogP contribution is -2.44. The van der Waals surface area contributed by atoms with Crippen LogP contribution in [0, 0.1) is 23.7 Å². The van der Waals surface area contributed by atoms with E-state index in [0.717, 1.165) is 23.7 Å². The van der Waals surface area contributed by atoms with Crippen LogP contribution in [0.25, 0.3) is 0 Å². The van der Waals surface area contributed by atoms with Crippen molar-refractivity contribution in [2.75, 3.05) is 0 Å². The van der Waals surface area contributed by atoms with Crippen LogP contribution in [0.1, 0.15) is 52.4 Å². The van der Waals surface area contributed by atoms with Crippen molar-refractivity contribution in [2.24, 2.45) is 29.5 Å². The predicted octanol–water partition coefficient (Wildman–Crippen LogP) is 2.69. The van der Waals surface area contributed by atoms with Gasteiger partial charge in [0.05, 0.1) is 0 Å². The molecule has 0 spiro atoms. The lowest BCUT2D eigenvalue weighted by atomic mass is 9.75. The summed E-state index contributed by atoms with van der Waals surface area (Å²) in [6.45, 7) is 4.69. The second-order valence-electron chi connectivity index (χ2n) is 5.77. The Balaban J connectivity index is 1.89. The molecule has 3 N–H and O–H groups in total. The van der Waals surface area contributed by atoms with Gasteiger partial charge in [-0.05, 0) is 42.9 Å². The Bertz CT molecular complexity index is 205. The van der Waals surface area contributed by atoms with Gasteiger partial charge in [-0.15, -0.1) is 0 Å². The molecule has 0 saturated heterocycles. The first-order valence-electron chi connectivity index (χ1n) is 6.72. The number of hydrogen-bond acceptors (Lipinski definition) is 2. The van der Waals surface area contributed by atoms with Gasteiger partial charge in [-0.2, -0.15) is 0 Å².